The molecule has 0 bridgehead atoms. The van der Waals surface area contributed by atoms with E-state index in [1.54, 1.807) is 0 Å². The van der Waals surface area contributed by atoms with Crippen molar-refractivity contribution >= 4 is 13.5 Å². The Morgan fingerprint density at radius 2 is 2.20 bits per heavy atom. The zero-order chi connectivity index (χ0) is 8.20. The van der Waals surface area contributed by atoms with Gasteiger partial charge in [-0.25, -0.2) is 5.50 Å². The molecule has 0 rings (SSSR count). The summed E-state index contributed by atoms with van der Waals surface area (Å²) in [6.45, 7) is 3.01. The fourth-order valence-corrected chi connectivity index (χ4v) is 1.72. The first kappa shape index (κ1) is 9.66. The maximum Gasteiger partial charge on any atom is 0.316 e. The largest absolute Gasteiger partial charge is 0.401 e. The number of carbonyl (C=O) groups excluding carboxylic acids is 1. The summed E-state index contributed by atoms with van der Waals surface area (Å²) < 4.78 is 15.3. The van der Waals surface area contributed by atoms with Crippen molar-refractivity contribution in [2.75, 3.05) is 6.16 Å². The first-order chi connectivity index (χ1) is 4.48. The minimum atomic E-state index is -3.10. The molecule has 0 aromatic rings. The second-order valence-electron chi connectivity index (χ2n) is 2.03. The quantitative estimate of drug-likeness (QED) is 0.636. The molecule has 0 spiro atoms. The van der Waals surface area contributed by atoms with E-state index < -0.39 is 13.5 Å². The topological polar surface area (TPSA) is 69.4 Å². The van der Waals surface area contributed by atoms with Gasteiger partial charge in [-0.15, -0.1) is 0 Å². The lowest BCUT2D eigenvalue weighted by molar-refractivity contribution is -0.131. The van der Waals surface area contributed by atoms with Gasteiger partial charge in [-0.2, -0.15) is 0 Å². The Labute approximate surface area is 60.2 Å². The Kier molecular flexibility index (Phi) is 3.61. The molecule has 4 nitrogen and oxygen atoms in total. The smallest absolute Gasteiger partial charge is 0.316 e. The van der Waals surface area contributed by atoms with Crippen LogP contribution < -0.4 is 5.50 Å². The molecule has 0 radical (unpaired) electrons. The van der Waals surface area contributed by atoms with E-state index in [0.717, 1.165) is 0 Å². The minimum absolute atomic E-state index is 0.257. The van der Waals surface area contributed by atoms with Crippen LogP contribution in [0.1, 0.15) is 20.3 Å². The van der Waals surface area contributed by atoms with Gasteiger partial charge in [0.15, 0.2) is 0 Å². The van der Waals surface area contributed by atoms with Gasteiger partial charge in [-0.3, -0.25) is 9.36 Å². The van der Waals surface area contributed by atoms with E-state index in [1.165, 1.54) is 6.92 Å². The molecule has 0 aromatic carbocycles. The SMILES string of the molecule is CCCP(N)(=O)OC(C)=O. The maximum atomic E-state index is 11.0. The molecule has 5 heteroatoms. The van der Waals surface area contributed by atoms with Crippen LogP contribution in [0.3, 0.4) is 0 Å². The second kappa shape index (κ2) is 3.74. The van der Waals surface area contributed by atoms with Crippen LogP contribution in [0.25, 0.3) is 0 Å². The average molecular weight is 165 g/mol. The van der Waals surface area contributed by atoms with Crippen LogP contribution in [0, 0.1) is 0 Å². The van der Waals surface area contributed by atoms with E-state index in [0.29, 0.717) is 6.42 Å². The van der Waals surface area contributed by atoms with Gasteiger partial charge in [0, 0.05) is 13.1 Å². The van der Waals surface area contributed by atoms with Crippen molar-refractivity contribution in [2.45, 2.75) is 20.3 Å². The molecule has 1 unspecified atom stereocenters. The first-order valence-electron chi connectivity index (χ1n) is 3.05. The van der Waals surface area contributed by atoms with Crippen molar-refractivity contribution in [2.24, 2.45) is 5.50 Å². The Hall–Kier alpha value is -0.340. The Balaban J connectivity index is 3.87. The monoisotopic (exact) mass is 165 g/mol. The van der Waals surface area contributed by atoms with Crippen molar-refractivity contribution in [3.05, 3.63) is 0 Å². The summed E-state index contributed by atoms with van der Waals surface area (Å²) in [5.41, 5.74) is 5.14. The standard InChI is InChI=1S/C5H12NO3P/c1-3-4-10(6,8)9-5(2)7/h3-4H2,1-2H3,(H2,6,8). The van der Waals surface area contributed by atoms with Crippen LogP contribution >= 0.6 is 7.52 Å². The molecule has 0 saturated heterocycles. The van der Waals surface area contributed by atoms with E-state index in [4.69, 9.17) is 5.50 Å². The van der Waals surface area contributed by atoms with E-state index in [-0.39, 0.29) is 6.16 Å². The zero-order valence-electron chi connectivity index (χ0n) is 6.16. The summed E-state index contributed by atoms with van der Waals surface area (Å²) in [7, 11) is -3.10. The van der Waals surface area contributed by atoms with Crippen LogP contribution in [0.15, 0.2) is 0 Å². The number of nitrogens with two attached hydrogens (primary N) is 1. The highest BCUT2D eigenvalue weighted by atomic mass is 31.2. The molecule has 0 aliphatic carbocycles. The highest BCUT2D eigenvalue weighted by Crippen LogP contribution is 2.37. The molecule has 10 heavy (non-hydrogen) atoms. The summed E-state index contributed by atoms with van der Waals surface area (Å²) in [5.74, 6) is -0.584. The molecule has 1 atom stereocenters. The zero-order valence-corrected chi connectivity index (χ0v) is 7.06. The van der Waals surface area contributed by atoms with E-state index in [9.17, 15) is 9.36 Å². The fraction of sp³-hybridized carbons (Fsp3) is 0.800. The van der Waals surface area contributed by atoms with Crippen LogP contribution in [0.5, 0.6) is 0 Å². The first-order valence-corrected chi connectivity index (χ1v) is 4.93. The lowest BCUT2D eigenvalue weighted by Crippen LogP contribution is -2.06. The highest BCUT2D eigenvalue weighted by molar-refractivity contribution is 7.56. The Morgan fingerprint density at radius 1 is 1.70 bits per heavy atom. The van der Waals surface area contributed by atoms with Crippen LogP contribution in [0.4, 0.5) is 0 Å². The van der Waals surface area contributed by atoms with Gasteiger partial charge in [0.05, 0.1) is 0 Å². The molecule has 0 aliphatic rings. The molecule has 60 valence electrons. The third-order valence-corrected chi connectivity index (χ3v) is 2.46. The molecule has 0 saturated carbocycles. The van der Waals surface area contributed by atoms with Gasteiger partial charge >= 0.3 is 13.5 Å². The number of hydrogen-bond acceptors (Lipinski definition) is 3. The second-order valence-corrected chi connectivity index (χ2v) is 4.11. The fourth-order valence-electron chi connectivity index (χ4n) is 0.575. The molecule has 0 fully saturated rings. The summed E-state index contributed by atoms with van der Waals surface area (Å²) >= 11 is 0. The van der Waals surface area contributed by atoms with Gasteiger partial charge in [0.1, 0.15) is 0 Å². The van der Waals surface area contributed by atoms with Gasteiger partial charge in [-0.05, 0) is 6.42 Å². The summed E-state index contributed by atoms with van der Waals surface area (Å²) in [4.78, 5) is 10.3. The summed E-state index contributed by atoms with van der Waals surface area (Å²) in [6.07, 6.45) is 0.910. The predicted octanol–water partition coefficient (Wildman–Crippen LogP) is 1.11. The number of hydrogen-bond donors (Lipinski definition) is 1. The third kappa shape index (κ3) is 4.53. The van der Waals surface area contributed by atoms with Crippen LogP contribution in [-0.4, -0.2) is 12.1 Å². The molecular formula is C5H12NO3P. The minimum Gasteiger partial charge on any atom is -0.401 e. The third-order valence-electron chi connectivity index (χ3n) is 0.818. The highest BCUT2D eigenvalue weighted by Gasteiger charge is 2.17. The Bertz CT molecular complexity index is 168. The molecule has 0 aliphatic heterocycles. The van der Waals surface area contributed by atoms with Crippen molar-refractivity contribution in [1.82, 2.24) is 0 Å². The van der Waals surface area contributed by atoms with Crippen molar-refractivity contribution in [1.29, 1.82) is 0 Å². The lowest BCUT2D eigenvalue weighted by Gasteiger charge is -2.09. The van der Waals surface area contributed by atoms with Gasteiger partial charge in [0.25, 0.3) is 0 Å². The normalized spacial score (nSPS) is 15.9. The maximum absolute atomic E-state index is 11.0. The van der Waals surface area contributed by atoms with Gasteiger partial charge in [0.2, 0.25) is 0 Å². The molecule has 0 heterocycles. The predicted molar refractivity (Wildman–Crippen MR) is 38.7 cm³/mol. The molecular weight excluding hydrogens is 153 g/mol. The van der Waals surface area contributed by atoms with E-state index in [2.05, 4.69) is 4.52 Å². The number of carbonyl (C=O) groups is 1. The molecule has 0 amide bonds. The van der Waals surface area contributed by atoms with Crippen molar-refractivity contribution < 1.29 is 13.9 Å². The Morgan fingerprint density at radius 3 is 2.50 bits per heavy atom. The van der Waals surface area contributed by atoms with Crippen LogP contribution in [0.2, 0.25) is 0 Å². The number of rotatable bonds is 3. The van der Waals surface area contributed by atoms with Crippen molar-refractivity contribution in [3.8, 4) is 0 Å². The summed E-state index contributed by atoms with van der Waals surface area (Å²) in [6, 6.07) is 0. The van der Waals surface area contributed by atoms with Gasteiger partial charge in [-0.1, -0.05) is 6.92 Å². The van der Waals surface area contributed by atoms with E-state index >= 15 is 0 Å². The molecule has 0 aromatic heterocycles. The average Bonchev–Trinajstić information content (AvgIpc) is 1.59. The van der Waals surface area contributed by atoms with Crippen molar-refractivity contribution in [3.63, 3.8) is 0 Å². The molecule has 2 N–H and O–H groups in total. The van der Waals surface area contributed by atoms with E-state index in [1.807, 2.05) is 6.92 Å². The summed E-state index contributed by atoms with van der Waals surface area (Å²) in [5, 5.41) is 0. The van der Waals surface area contributed by atoms with Gasteiger partial charge < -0.3 is 4.52 Å². The lowest BCUT2D eigenvalue weighted by atomic mass is 10.6. The van der Waals surface area contributed by atoms with Crippen LogP contribution in [-0.2, 0) is 13.9 Å².